The fourth-order valence-corrected chi connectivity index (χ4v) is 4.12. The second-order valence-corrected chi connectivity index (χ2v) is 7.47. The number of carbonyl (C=O) groups excluding carboxylic acids is 1. The average Bonchev–Trinajstić information content (AvgIpc) is 3.03. The van der Waals surface area contributed by atoms with Gasteiger partial charge in [-0.1, -0.05) is 42.1 Å². The first kappa shape index (κ1) is 17.5. The summed E-state index contributed by atoms with van der Waals surface area (Å²) in [6.07, 6.45) is 0. The summed E-state index contributed by atoms with van der Waals surface area (Å²) in [4.78, 5) is 13.1. The molecule has 2 atom stereocenters. The first-order valence-corrected chi connectivity index (χ1v) is 9.38. The zero-order valence-electron chi connectivity index (χ0n) is 14.8. The van der Waals surface area contributed by atoms with Gasteiger partial charge < -0.3 is 10.7 Å². The summed E-state index contributed by atoms with van der Waals surface area (Å²) in [6.45, 7) is 3.78. The monoisotopic (exact) mass is 383 g/mol. The molecule has 0 spiro atoms. The molecule has 4 rings (SSSR count). The van der Waals surface area contributed by atoms with E-state index in [-0.39, 0.29) is 17.8 Å². The Morgan fingerprint density at radius 2 is 1.89 bits per heavy atom. The summed E-state index contributed by atoms with van der Waals surface area (Å²) < 4.78 is 15.1. The highest BCUT2D eigenvalue weighted by Crippen LogP contribution is 2.37. The van der Waals surface area contributed by atoms with Crippen LogP contribution in [-0.4, -0.2) is 26.0 Å². The second kappa shape index (κ2) is 7.03. The lowest BCUT2D eigenvalue weighted by Crippen LogP contribution is -2.41. The third-order valence-corrected chi connectivity index (χ3v) is 5.70. The molecule has 0 aliphatic carbocycles. The minimum Gasteiger partial charge on any atom is -0.325 e. The number of benzene rings is 2. The van der Waals surface area contributed by atoms with Crippen LogP contribution < -0.4 is 10.7 Å². The Bertz CT molecular complexity index is 988. The number of para-hydroxylation sites is 1. The molecule has 27 heavy (non-hydrogen) atoms. The van der Waals surface area contributed by atoms with Gasteiger partial charge in [-0.15, -0.1) is 10.2 Å². The van der Waals surface area contributed by atoms with Crippen molar-refractivity contribution in [2.24, 2.45) is 0 Å². The summed E-state index contributed by atoms with van der Waals surface area (Å²) in [5.74, 6) is 0.231. The van der Waals surface area contributed by atoms with E-state index in [9.17, 15) is 9.18 Å². The number of fused-ring (bicyclic) bond motifs is 1. The number of carbonyl (C=O) groups is 1. The van der Waals surface area contributed by atoms with Crippen LogP contribution in [-0.2, 0) is 4.79 Å². The minimum absolute atomic E-state index is 0.150. The van der Waals surface area contributed by atoms with E-state index in [0.717, 1.165) is 16.8 Å². The van der Waals surface area contributed by atoms with Gasteiger partial charge in [-0.05, 0) is 43.2 Å². The van der Waals surface area contributed by atoms with Gasteiger partial charge >= 0.3 is 0 Å². The topological polar surface area (TPSA) is 71.8 Å². The van der Waals surface area contributed by atoms with Crippen LogP contribution in [0.15, 0.2) is 53.7 Å². The van der Waals surface area contributed by atoms with E-state index in [2.05, 4.69) is 20.9 Å². The molecule has 0 radical (unpaired) electrons. The number of nitrogens with one attached hydrogen (secondary N) is 2. The highest BCUT2D eigenvalue weighted by molar-refractivity contribution is 8.00. The Morgan fingerprint density at radius 3 is 2.63 bits per heavy atom. The molecule has 1 aliphatic heterocycles. The van der Waals surface area contributed by atoms with Crippen LogP contribution in [0.3, 0.4) is 0 Å². The molecule has 8 heteroatoms. The molecule has 3 aromatic rings. The standard InChI is InChI=1S/C19H18FN5OS/c1-11-5-3-4-6-15(11)21-18(26)17-16(13-7-9-14(20)10-8-13)24-25-12(2)22-23-19(25)27-17/h3-10,16-17,24H,1-2H3,(H,21,26)/t16-,17+/m0/s1. The van der Waals surface area contributed by atoms with Crippen molar-refractivity contribution < 1.29 is 9.18 Å². The van der Waals surface area contributed by atoms with Crippen molar-refractivity contribution in [3.8, 4) is 0 Å². The van der Waals surface area contributed by atoms with E-state index >= 15 is 0 Å². The van der Waals surface area contributed by atoms with E-state index in [1.54, 1.807) is 16.8 Å². The SMILES string of the molecule is Cc1ccccc1NC(=O)[C@@H]1Sc2nnc(C)n2N[C@H]1c1ccc(F)cc1. The van der Waals surface area contributed by atoms with Crippen molar-refractivity contribution in [1.82, 2.24) is 14.9 Å². The molecule has 2 N–H and O–H groups in total. The Hall–Kier alpha value is -2.87. The van der Waals surface area contributed by atoms with Gasteiger partial charge in [0, 0.05) is 5.69 Å². The van der Waals surface area contributed by atoms with Gasteiger partial charge in [-0.2, -0.15) is 0 Å². The van der Waals surface area contributed by atoms with Crippen LogP contribution in [0, 0.1) is 19.7 Å². The molecule has 0 saturated heterocycles. The number of rotatable bonds is 3. The molecule has 2 heterocycles. The van der Waals surface area contributed by atoms with Crippen molar-refractivity contribution in [2.45, 2.75) is 30.3 Å². The van der Waals surface area contributed by atoms with Gasteiger partial charge in [-0.25, -0.2) is 9.07 Å². The lowest BCUT2D eigenvalue weighted by atomic mass is 10.0. The van der Waals surface area contributed by atoms with E-state index < -0.39 is 5.25 Å². The molecular formula is C19H18FN5OS. The van der Waals surface area contributed by atoms with E-state index in [1.807, 2.05) is 38.1 Å². The van der Waals surface area contributed by atoms with Crippen molar-refractivity contribution in [3.63, 3.8) is 0 Å². The first-order chi connectivity index (χ1) is 13.0. The zero-order chi connectivity index (χ0) is 19.0. The second-order valence-electron chi connectivity index (χ2n) is 6.37. The van der Waals surface area contributed by atoms with E-state index in [4.69, 9.17) is 0 Å². The lowest BCUT2D eigenvalue weighted by Gasteiger charge is -2.32. The van der Waals surface area contributed by atoms with Gasteiger partial charge in [0.25, 0.3) is 0 Å². The highest BCUT2D eigenvalue weighted by Gasteiger charge is 2.37. The highest BCUT2D eigenvalue weighted by atomic mass is 32.2. The Kier molecular flexibility index (Phi) is 4.57. The summed E-state index contributed by atoms with van der Waals surface area (Å²) in [5.41, 5.74) is 5.86. The van der Waals surface area contributed by atoms with Gasteiger partial charge in [-0.3, -0.25) is 4.79 Å². The number of halogens is 1. The van der Waals surface area contributed by atoms with Crippen molar-refractivity contribution in [2.75, 3.05) is 10.7 Å². The number of thioether (sulfide) groups is 1. The van der Waals surface area contributed by atoms with Crippen LogP contribution >= 0.6 is 11.8 Å². The summed E-state index contributed by atoms with van der Waals surface area (Å²) >= 11 is 1.34. The van der Waals surface area contributed by atoms with Crippen LogP contribution in [0.5, 0.6) is 0 Å². The molecule has 1 aromatic heterocycles. The number of amides is 1. The number of aromatic nitrogens is 3. The van der Waals surface area contributed by atoms with Gasteiger partial charge in [0.2, 0.25) is 11.1 Å². The van der Waals surface area contributed by atoms with Gasteiger partial charge in [0.1, 0.15) is 16.9 Å². The summed E-state index contributed by atoms with van der Waals surface area (Å²) in [6, 6.07) is 13.4. The lowest BCUT2D eigenvalue weighted by molar-refractivity contribution is -0.116. The fourth-order valence-electron chi connectivity index (χ4n) is 3.00. The van der Waals surface area contributed by atoms with Crippen LogP contribution in [0.2, 0.25) is 0 Å². The van der Waals surface area contributed by atoms with Crippen LogP contribution in [0.1, 0.15) is 23.0 Å². The van der Waals surface area contributed by atoms with Crippen LogP contribution in [0.25, 0.3) is 0 Å². The van der Waals surface area contributed by atoms with Crippen molar-refractivity contribution in [3.05, 3.63) is 71.3 Å². The number of aryl methyl sites for hydroxylation is 2. The Labute approximate surface area is 160 Å². The minimum atomic E-state index is -0.494. The van der Waals surface area contributed by atoms with Crippen LogP contribution in [0.4, 0.5) is 10.1 Å². The number of nitrogens with zero attached hydrogens (tertiary/aromatic N) is 3. The zero-order valence-corrected chi connectivity index (χ0v) is 15.6. The summed E-state index contributed by atoms with van der Waals surface area (Å²) in [5, 5.41) is 11.3. The number of hydrogen-bond donors (Lipinski definition) is 2. The van der Waals surface area contributed by atoms with Gasteiger partial charge in [0.05, 0.1) is 6.04 Å². The number of anilines is 1. The first-order valence-electron chi connectivity index (χ1n) is 8.50. The largest absolute Gasteiger partial charge is 0.325 e. The molecule has 1 aliphatic rings. The van der Waals surface area contributed by atoms with Gasteiger partial charge in [0.15, 0.2) is 0 Å². The Balaban J connectivity index is 1.68. The van der Waals surface area contributed by atoms with Crippen molar-refractivity contribution >= 4 is 23.4 Å². The maximum atomic E-state index is 13.4. The molecule has 0 unspecified atom stereocenters. The maximum absolute atomic E-state index is 13.4. The smallest absolute Gasteiger partial charge is 0.240 e. The molecule has 0 fully saturated rings. The van der Waals surface area contributed by atoms with Crippen molar-refractivity contribution in [1.29, 1.82) is 0 Å². The molecule has 6 nitrogen and oxygen atoms in total. The predicted molar refractivity (Wildman–Crippen MR) is 103 cm³/mol. The Morgan fingerprint density at radius 1 is 1.15 bits per heavy atom. The molecule has 0 bridgehead atoms. The molecular weight excluding hydrogens is 365 g/mol. The third-order valence-electron chi connectivity index (χ3n) is 4.49. The molecule has 138 valence electrons. The number of hydrogen-bond acceptors (Lipinski definition) is 5. The average molecular weight is 383 g/mol. The fraction of sp³-hybridized carbons (Fsp3) is 0.211. The predicted octanol–water partition coefficient (Wildman–Crippen LogP) is 3.43. The maximum Gasteiger partial charge on any atom is 0.240 e. The molecule has 2 aromatic carbocycles. The van der Waals surface area contributed by atoms with E-state index in [0.29, 0.717) is 11.0 Å². The normalized spacial score (nSPS) is 18.5. The molecule has 0 saturated carbocycles. The van der Waals surface area contributed by atoms with E-state index in [1.165, 1.54) is 23.9 Å². The third kappa shape index (κ3) is 3.40. The summed E-state index contributed by atoms with van der Waals surface area (Å²) in [7, 11) is 0. The molecule has 1 amide bonds. The quantitative estimate of drug-likeness (QED) is 0.725.